The summed E-state index contributed by atoms with van der Waals surface area (Å²) in [6.45, 7) is 3.14. The SMILES string of the molecule is CC(=O)N1CCC[C@H](CCC(=O)O)C1. The Morgan fingerprint density at radius 2 is 2.21 bits per heavy atom. The topological polar surface area (TPSA) is 57.6 Å². The highest BCUT2D eigenvalue weighted by atomic mass is 16.4. The largest absolute Gasteiger partial charge is 0.481 e. The third-order valence-corrected chi connectivity index (χ3v) is 2.73. The van der Waals surface area contributed by atoms with E-state index >= 15 is 0 Å². The smallest absolute Gasteiger partial charge is 0.303 e. The summed E-state index contributed by atoms with van der Waals surface area (Å²) in [6.07, 6.45) is 2.97. The maximum Gasteiger partial charge on any atom is 0.303 e. The Bertz CT molecular complexity index is 227. The van der Waals surface area contributed by atoms with Crippen molar-refractivity contribution in [3.05, 3.63) is 0 Å². The molecule has 0 aromatic heterocycles. The molecule has 0 aromatic carbocycles. The number of aliphatic carboxylic acids is 1. The maximum atomic E-state index is 11.1. The van der Waals surface area contributed by atoms with Crippen molar-refractivity contribution < 1.29 is 14.7 Å². The molecule has 4 nitrogen and oxygen atoms in total. The number of carbonyl (C=O) groups excluding carboxylic acids is 1. The van der Waals surface area contributed by atoms with Crippen LogP contribution in [0.25, 0.3) is 0 Å². The fourth-order valence-corrected chi connectivity index (χ4v) is 1.91. The number of hydrogen-bond acceptors (Lipinski definition) is 2. The van der Waals surface area contributed by atoms with Gasteiger partial charge >= 0.3 is 5.97 Å². The highest BCUT2D eigenvalue weighted by Crippen LogP contribution is 2.20. The van der Waals surface area contributed by atoms with E-state index in [2.05, 4.69) is 0 Å². The van der Waals surface area contributed by atoms with Crippen LogP contribution in [0.3, 0.4) is 0 Å². The minimum Gasteiger partial charge on any atom is -0.481 e. The van der Waals surface area contributed by atoms with E-state index in [4.69, 9.17) is 5.11 Å². The monoisotopic (exact) mass is 199 g/mol. The molecule has 1 aliphatic heterocycles. The van der Waals surface area contributed by atoms with Gasteiger partial charge in [-0.1, -0.05) is 0 Å². The normalized spacial score (nSPS) is 22.1. The number of amides is 1. The molecule has 80 valence electrons. The molecule has 1 rings (SSSR count). The van der Waals surface area contributed by atoms with Gasteiger partial charge in [-0.3, -0.25) is 9.59 Å². The van der Waals surface area contributed by atoms with Crippen LogP contribution in [0.15, 0.2) is 0 Å². The summed E-state index contributed by atoms with van der Waals surface area (Å²) in [5.74, 6) is -0.265. The van der Waals surface area contributed by atoms with Crippen molar-refractivity contribution in [1.82, 2.24) is 4.90 Å². The van der Waals surface area contributed by atoms with Gasteiger partial charge in [0.1, 0.15) is 0 Å². The third-order valence-electron chi connectivity index (χ3n) is 2.73. The lowest BCUT2D eigenvalue weighted by molar-refractivity contribution is -0.137. The zero-order chi connectivity index (χ0) is 10.6. The van der Waals surface area contributed by atoms with Gasteiger partial charge in [-0.2, -0.15) is 0 Å². The van der Waals surface area contributed by atoms with Crippen molar-refractivity contribution >= 4 is 11.9 Å². The number of carboxylic acids is 1. The molecule has 1 aliphatic rings. The number of carbonyl (C=O) groups is 2. The molecule has 1 heterocycles. The number of rotatable bonds is 3. The Morgan fingerprint density at radius 1 is 1.50 bits per heavy atom. The van der Waals surface area contributed by atoms with Gasteiger partial charge in [0.15, 0.2) is 0 Å². The standard InChI is InChI=1S/C10H17NO3/c1-8(12)11-6-2-3-9(7-11)4-5-10(13)14/h9H,2-7H2,1H3,(H,13,14)/t9-/m1/s1. The molecule has 1 atom stereocenters. The number of nitrogens with zero attached hydrogens (tertiary/aromatic N) is 1. The van der Waals surface area contributed by atoms with Gasteiger partial charge in [-0.15, -0.1) is 0 Å². The van der Waals surface area contributed by atoms with E-state index in [9.17, 15) is 9.59 Å². The predicted octanol–water partition coefficient (Wildman–Crippen LogP) is 1.11. The number of likely N-dealkylation sites (tertiary alicyclic amines) is 1. The molecule has 0 aliphatic carbocycles. The first kappa shape index (κ1) is 11.0. The van der Waals surface area contributed by atoms with Crippen molar-refractivity contribution in [1.29, 1.82) is 0 Å². The lowest BCUT2D eigenvalue weighted by Crippen LogP contribution is -2.38. The van der Waals surface area contributed by atoms with Crippen LogP contribution in [0.1, 0.15) is 32.6 Å². The van der Waals surface area contributed by atoms with Crippen LogP contribution in [-0.4, -0.2) is 35.0 Å². The van der Waals surface area contributed by atoms with Crippen LogP contribution >= 0.6 is 0 Å². The van der Waals surface area contributed by atoms with Gasteiger partial charge in [-0.05, 0) is 25.2 Å². The van der Waals surface area contributed by atoms with Gasteiger partial charge in [0.05, 0.1) is 0 Å². The summed E-state index contributed by atoms with van der Waals surface area (Å²) in [7, 11) is 0. The second-order valence-electron chi connectivity index (χ2n) is 3.91. The van der Waals surface area contributed by atoms with Crippen molar-refractivity contribution in [2.45, 2.75) is 32.6 Å². The zero-order valence-corrected chi connectivity index (χ0v) is 8.53. The molecule has 0 unspecified atom stereocenters. The molecule has 0 radical (unpaired) electrons. The summed E-state index contributed by atoms with van der Waals surface area (Å²) < 4.78 is 0. The molecular weight excluding hydrogens is 182 g/mol. The van der Waals surface area contributed by atoms with Gasteiger partial charge in [0.2, 0.25) is 5.91 Å². The van der Waals surface area contributed by atoms with E-state index in [1.807, 2.05) is 4.90 Å². The van der Waals surface area contributed by atoms with E-state index < -0.39 is 5.97 Å². The van der Waals surface area contributed by atoms with Crippen LogP contribution in [0, 0.1) is 5.92 Å². The molecule has 1 N–H and O–H groups in total. The van der Waals surface area contributed by atoms with Crippen molar-refractivity contribution in [2.75, 3.05) is 13.1 Å². The molecule has 0 spiro atoms. The Labute approximate surface area is 83.9 Å². The minimum absolute atomic E-state index is 0.102. The number of piperidine rings is 1. The second-order valence-corrected chi connectivity index (χ2v) is 3.91. The van der Waals surface area contributed by atoms with Crippen LogP contribution in [-0.2, 0) is 9.59 Å². The van der Waals surface area contributed by atoms with Gasteiger partial charge in [0.25, 0.3) is 0 Å². The minimum atomic E-state index is -0.745. The predicted molar refractivity (Wildman–Crippen MR) is 51.8 cm³/mol. The van der Waals surface area contributed by atoms with Crippen LogP contribution in [0.5, 0.6) is 0 Å². The van der Waals surface area contributed by atoms with Crippen LogP contribution in [0.2, 0.25) is 0 Å². The van der Waals surface area contributed by atoms with E-state index in [1.165, 1.54) is 0 Å². The van der Waals surface area contributed by atoms with Crippen molar-refractivity contribution in [3.8, 4) is 0 Å². The lowest BCUT2D eigenvalue weighted by Gasteiger charge is -2.31. The molecule has 0 aromatic rings. The van der Waals surface area contributed by atoms with E-state index in [0.717, 1.165) is 25.9 Å². The Hall–Kier alpha value is -1.06. The molecule has 1 saturated heterocycles. The molecule has 0 bridgehead atoms. The van der Waals surface area contributed by atoms with E-state index in [-0.39, 0.29) is 12.3 Å². The van der Waals surface area contributed by atoms with E-state index in [1.54, 1.807) is 6.92 Å². The quantitative estimate of drug-likeness (QED) is 0.740. The van der Waals surface area contributed by atoms with E-state index in [0.29, 0.717) is 12.3 Å². The van der Waals surface area contributed by atoms with Gasteiger partial charge in [0, 0.05) is 26.4 Å². The number of carboxylic acid groups (broad SMARTS) is 1. The summed E-state index contributed by atoms with van der Waals surface area (Å²) in [5.41, 5.74) is 0. The second kappa shape index (κ2) is 4.98. The van der Waals surface area contributed by atoms with Crippen LogP contribution in [0.4, 0.5) is 0 Å². The Balaban J connectivity index is 2.32. The molecule has 0 saturated carbocycles. The highest BCUT2D eigenvalue weighted by Gasteiger charge is 2.21. The van der Waals surface area contributed by atoms with Crippen molar-refractivity contribution in [2.24, 2.45) is 5.92 Å². The fourth-order valence-electron chi connectivity index (χ4n) is 1.91. The summed E-state index contributed by atoms with van der Waals surface area (Å²) in [4.78, 5) is 23.3. The molecule has 1 amide bonds. The first-order chi connectivity index (χ1) is 6.59. The first-order valence-electron chi connectivity index (χ1n) is 5.07. The fraction of sp³-hybridized carbons (Fsp3) is 0.800. The summed E-state index contributed by atoms with van der Waals surface area (Å²) in [6, 6.07) is 0. The van der Waals surface area contributed by atoms with Gasteiger partial charge in [-0.25, -0.2) is 0 Å². The molecule has 4 heteroatoms. The molecule has 1 fully saturated rings. The number of hydrogen-bond donors (Lipinski definition) is 1. The average molecular weight is 199 g/mol. The highest BCUT2D eigenvalue weighted by molar-refractivity contribution is 5.73. The van der Waals surface area contributed by atoms with Crippen molar-refractivity contribution in [3.63, 3.8) is 0 Å². The van der Waals surface area contributed by atoms with Crippen LogP contribution < -0.4 is 0 Å². The lowest BCUT2D eigenvalue weighted by atomic mass is 9.93. The van der Waals surface area contributed by atoms with Gasteiger partial charge < -0.3 is 10.0 Å². The Morgan fingerprint density at radius 3 is 2.79 bits per heavy atom. The first-order valence-corrected chi connectivity index (χ1v) is 5.07. The Kier molecular flexibility index (Phi) is 3.92. The summed E-state index contributed by atoms with van der Waals surface area (Å²) in [5, 5.41) is 8.54. The summed E-state index contributed by atoms with van der Waals surface area (Å²) >= 11 is 0. The maximum absolute atomic E-state index is 11.1. The molecular formula is C10H17NO3. The third kappa shape index (κ3) is 3.36. The molecule has 14 heavy (non-hydrogen) atoms. The average Bonchev–Trinajstić information content (AvgIpc) is 2.15. The zero-order valence-electron chi connectivity index (χ0n) is 8.53.